The monoisotopic (exact) mass is 286 g/mol. The highest BCUT2D eigenvalue weighted by Crippen LogP contribution is 2.43. The Morgan fingerprint density at radius 3 is 1.74 bits per heavy atom. The molecule has 3 rings (SSSR count). The van der Waals surface area contributed by atoms with Crippen molar-refractivity contribution in [2.45, 2.75) is 0 Å². The Morgan fingerprint density at radius 1 is 0.895 bits per heavy atom. The first-order valence-corrected chi connectivity index (χ1v) is 7.36. The number of thioether (sulfide) groups is 1. The van der Waals surface area contributed by atoms with Gasteiger partial charge in [-0.1, -0.05) is 36.4 Å². The fourth-order valence-corrected chi connectivity index (χ4v) is 3.81. The average molecular weight is 286 g/mol. The Labute approximate surface area is 121 Å². The predicted molar refractivity (Wildman–Crippen MR) is 84.4 cm³/mol. The summed E-state index contributed by atoms with van der Waals surface area (Å²) in [4.78, 5) is 12.6. The molecule has 94 valence electrons. The second-order valence-electron chi connectivity index (χ2n) is 4.29. The number of benzene rings is 2. The molecule has 1 fully saturated rings. The van der Waals surface area contributed by atoms with Crippen LogP contribution in [0.1, 0.15) is 0 Å². The van der Waals surface area contributed by atoms with Crippen LogP contribution in [-0.2, 0) is 4.79 Å². The van der Waals surface area contributed by atoms with Crippen LogP contribution in [0.3, 0.4) is 0 Å². The second-order valence-corrected chi connectivity index (χ2v) is 5.90. The highest BCUT2D eigenvalue weighted by molar-refractivity contribution is 8.24. The topological polar surface area (TPSA) is 17.1 Å². The molecule has 2 aromatic carbocycles. The summed E-state index contributed by atoms with van der Waals surface area (Å²) in [6, 6.07) is 19.5. The quantitative estimate of drug-likeness (QED) is 0.616. The van der Waals surface area contributed by atoms with Gasteiger partial charge >= 0.3 is 5.91 Å². The molecule has 1 amide bonds. The van der Waals surface area contributed by atoms with Crippen molar-refractivity contribution in [3.8, 4) is 0 Å². The van der Waals surface area contributed by atoms with E-state index >= 15 is 0 Å². The molecule has 1 aliphatic rings. The van der Waals surface area contributed by atoms with Crippen molar-refractivity contribution in [1.29, 1.82) is 0 Å². The molecule has 4 heteroatoms. The Morgan fingerprint density at radius 2 is 1.37 bits per heavy atom. The number of carbonyl (C=O) groups is 1. The molecule has 0 bridgehead atoms. The van der Waals surface area contributed by atoms with Crippen LogP contribution in [0.25, 0.3) is 0 Å². The smallest absolute Gasteiger partial charge is 0.228 e. The highest BCUT2D eigenvalue weighted by Gasteiger charge is 2.51. The molecule has 0 spiro atoms. The fourth-order valence-electron chi connectivity index (χ4n) is 2.37. The van der Waals surface area contributed by atoms with Gasteiger partial charge < -0.3 is 0 Å². The third-order valence-electron chi connectivity index (χ3n) is 3.25. The summed E-state index contributed by atoms with van der Waals surface area (Å²) in [6.45, 7) is 0. The van der Waals surface area contributed by atoms with Crippen LogP contribution >= 0.6 is 24.0 Å². The van der Waals surface area contributed by atoms with Crippen molar-refractivity contribution < 1.29 is 4.79 Å². The number of nitrogens with zero attached hydrogens (tertiary/aromatic N) is 1. The van der Waals surface area contributed by atoms with E-state index in [4.69, 9.17) is 12.2 Å². The van der Waals surface area contributed by atoms with Gasteiger partial charge in [-0.05, 0) is 24.0 Å². The zero-order valence-electron chi connectivity index (χ0n) is 10.2. The lowest BCUT2D eigenvalue weighted by molar-refractivity contribution is -0.121. The zero-order valence-corrected chi connectivity index (χ0v) is 11.8. The fraction of sp³-hybridized carbons (Fsp3) is 0.0667. The Hall–Kier alpha value is -1.49. The average Bonchev–Trinajstić information content (AvgIpc) is 2.77. The lowest BCUT2D eigenvalue weighted by Crippen LogP contribution is -2.48. The zero-order chi connectivity index (χ0) is 13.3. The van der Waals surface area contributed by atoms with E-state index in [0.717, 1.165) is 11.4 Å². The van der Waals surface area contributed by atoms with E-state index in [1.165, 1.54) is 11.8 Å². The van der Waals surface area contributed by atoms with Crippen LogP contribution < -0.4 is 4.48 Å². The Kier molecular flexibility index (Phi) is 3.22. The van der Waals surface area contributed by atoms with E-state index in [9.17, 15) is 4.79 Å². The van der Waals surface area contributed by atoms with Gasteiger partial charge in [0.05, 0.1) is 0 Å². The third kappa shape index (κ3) is 1.84. The standard InChI is InChI=1S/C15H12NOS2/c17-14-11-19-15(18)16(14,12-7-3-1-4-8-12)13-9-5-2-6-10-13/h1-10H,11H2/q+1. The molecule has 1 saturated heterocycles. The van der Waals surface area contributed by atoms with Crippen LogP contribution in [-0.4, -0.2) is 16.0 Å². The normalized spacial score (nSPS) is 17.7. The van der Waals surface area contributed by atoms with Crippen LogP contribution in [0.15, 0.2) is 60.7 Å². The van der Waals surface area contributed by atoms with E-state index in [-0.39, 0.29) is 10.4 Å². The summed E-state index contributed by atoms with van der Waals surface area (Å²) >= 11 is 6.96. The largest absolute Gasteiger partial charge is 0.340 e. The van der Waals surface area contributed by atoms with Crippen LogP contribution in [0, 0.1) is 0 Å². The number of quaternary nitrogens is 1. The van der Waals surface area contributed by atoms with Crippen molar-refractivity contribution in [3.63, 3.8) is 0 Å². The molecule has 2 nitrogen and oxygen atoms in total. The molecular weight excluding hydrogens is 274 g/mol. The number of thiocarbonyl (C=S) groups is 1. The van der Waals surface area contributed by atoms with Crippen molar-refractivity contribution in [1.82, 2.24) is 4.48 Å². The van der Waals surface area contributed by atoms with E-state index in [0.29, 0.717) is 10.1 Å². The van der Waals surface area contributed by atoms with Crippen LogP contribution in [0.2, 0.25) is 0 Å². The third-order valence-corrected chi connectivity index (χ3v) is 4.79. The Bertz CT molecular complexity index is 568. The van der Waals surface area contributed by atoms with E-state index in [2.05, 4.69) is 0 Å². The van der Waals surface area contributed by atoms with Gasteiger partial charge in [0.25, 0.3) is 4.32 Å². The molecule has 1 aliphatic heterocycles. The molecule has 0 unspecified atom stereocenters. The second kappa shape index (κ2) is 4.89. The molecule has 19 heavy (non-hydrogen) atoms. The number of hydrogen-bond acceptors (Lipinski definition) is 3. The maximum atomic E-state index is 12.6. The number of amides is 1. The minimum absolute atomic E-state index is 0.0572. The van der Waals surface area contributed by atoms with E-state index < -0.39 is 0 Å². The first kappa shape index (κ1) is 12.5. The van der Waals surface area contributed by atoms with Crippen molar-refractivity contribution >= 4 is 45.6 Å². The van der Waals surface area contributed by atoms with E-state index in [1.807, 2.05) is 60.7 Å². The summed E-state index contributed by atoms with van der Waals surface area (Å²) in [5.41, 5.74) is 1.82. The molecule has 0 saturated carbocycles. The summed E-state index contributed by atoms with van der Waals surface area (Å²) in [7, 11) is 0. The summed E-state index contributed by atoms with van der Waals surface area (Å²) in [6.07, 6.45) is 0. The van der Waals surface area contributed by atoms with Gasteiger partial charge in [0, 0.05) is 24.3 Å². The minimum Gasteiger partial charge on any atom is -0.228 e. The molecule has 0 N–H and O–H groups in total. The molecule has 0 radical (unpaired) electrons. The highest BCUT2D eigenvalue weighted by atomic mass is 32.2. The minimum atomic E-state index is 0.0572. The number of rotatable bonds is 2. The van der Waals surface area contributed by atoms with Crippen LogP contribution in [0.5, 0.6) is 0 Å². The summed E-state index contributed by atoms with van der Waals surface area (Å²) in [5.74, 6) is 0.551. The summed E-state index contributed by atoms with van der Waals surface area (Å²) < 4.78 is 0.754. The van der Waals surface area contributed by atoms with Gasteiger partial charge in [-0.15, -0.1) is 4.48 Å². The van der Waals surface area contributed by atoms with Crippen molar-refractivity contribution in [3.05, 3.63) is 60.7 Å². The predicted octanol–water partition coefficient (Wildman–Crippen LogP) is 3.88. The molecule has 1 heterocycles. The lowest BCUT2D eigenvalue weighted by atomic mass is 10.2. The molecule has 2 aromatic rings. The maximum Gasteiger partial charge on any atom is 0.340 e. The van der Waals surface area contributed by atoms with Crippen molar-refractivity contribution in [2.24, 2.45) is 0 Å². The first-order chi connectivity index (χ1) is 9.26. The van der Waals surface area contributed by atoms with Gasteiger partial charge in [-0.2, -0.15) is 0 Å². The first-order valence-electron chi connectivity index (χ1n) is 5.97. The lowest BCUT2D eigenvalue weighted by Gasteiger charge is -2.28. The molecular formula is C15H12NOS2+. The number of carbonyl (C=O) groups excluding carboxylic acids is 1. The van der Waals surface area contributed by atoms with Gasteiger partial charge in [0.2, 0.25) is 0 Å². The molecule has 0 aromatic heterocycles. The summed E-state index contributed by atoms with van der Waals surface area (Å²) in [5, 5.41) is 0. The van der Waals surface area contributed by atoms with Crippen molar-refractivity contribution in [2.75, 3.05) is 5.75 Å². The van der Waals surface area contributed by atoms with Gasteiger partial charge in [-0.25, -0.2) is 4.79 Å². The Balaban J connectivity index is 2.29. The van der Waals surface area contributed by atoms with Crippen LogP contribution in [0.4, 0.5) is 11.4 Å². The number of hydrogen-bond donors (Lipinski definition) is 0. The van der Waals surface area contributed by atoms with Gasteiger partial charge in [0.1, 0.15) is 5.75 Å². The molecule has 0 aliphatic carbocycles. The van der Waals surface area contributed by atoms with Gasteiger partial charge in [-0.3, -0.25) is 0 Å². The maximum absolute atomic E-state index is 12.6. The van der Waals surface area contributed by atoms with E-state index in [1.54, 1.807) is 0 Å². The SMILES string of the molecule is O=C1CSC(=S)[N+]1(c1ccccc1)c1ccccc1. The number of para-hydroxylation sites is 2. The van der Waals surface area contributed by atoms with Gasteiger partial charge in [0.15, 0.2) is 11.4 Å². The molecule has 0 atom stereocenters.